The fourth-order valence-electron chi connectivity index (χ4n) is 2.60. The van der Waals surface area contributed by atoms with E-state index >= 15 is 0 Å². The van der Waals surface area contributed by atoms with Gasteiger partial charge in [-0.05, 0) is 43.5 Å². The van der Waals surface area contributed by atoms with Crippen molar-refractivity contribution in [3.8, 4) is 11.4 Å². The topological polar surface area (TPSA) is 58.2 Å². The molecule has 1 aliphatic heterocycles. The Hall–Kier alpha value is -2.24. The molecule has 6 heteroatoms. The minimum absolute atomic E-state index is 0.262. The summed E-state index contributed by atoms with van der Waals surface area (Å²) in [6.45, 7) is 1.22. The zero-order chi connectivity index (χ0) is 14.1. The van der Waals surface area contributed by atoms with Crippen molar-refractivity contribution < 1.29 is 4.74 Å². The minimum Gasteiger partial charge on any atom is -0.497 e. The van der Waals surface area contributed by atoms with Crippen LogP contribution in [0.1, 0.15) is 19.3 Å². The van der Waals surface area contributed by atoms with E-state index < -0.39 is 0 Å². The lowest BCUT2D eigenvalue weighted by molar-refractivity contribution is 0.414. The van der Waals surface area contributed by atoms with E-state index in [0.29, 0.717) is 24.5 Å². The van der Waals surface area contributed by atoms with E-state index in [4.69, 9.17) is 4.74 Å². The van der Waals surface area contributed by atoms with Crippen LogP contribution in [0.3, 0.4) is 0 Å². The van der Waals surface area contributed by atoms with Gasteiger partial charge in [0.05, 0.1) is 12.8 Å². The molecule has 0 radical (unpaired) electrons. The molecule has 6 nitrogen and oxygen atoms in total. The van der Waals surface area contributed by atoms with Gasteiger partial charge < -0.3 is 4.74 Å². The van der Waals surface area contributed by atoms with E-state index in [-0.39, 0.29) is 11.4 Å². The SMILES string of the molecule is COc1ccc(-n2c(=O)n3n(c2=O)CCCCC3)cc1. The molecular formula is C14H17N3O3. The summed E-state index contributed by atoms with van der Waals surface area (Å²) in [6.07, 6.45) is 2.92. The minimum atomic E-state index is -0.262. The zero-order valence-corrected chi connectivity index (χ0v) is 11.4. The number of nitrogens with zero attached hydrogens (tertiary/aromatic N) is 3. The molecule has 0 atom stereocenters. The van der Waals surface area contributed by atoms with Crippen molar-refractivity contribution >= 4 is 0 Å². The molecule has 0 fully saturated rings. The molecule has 0 saturated heterocycles. The van der Waals surface area contributed by atoms with Crippen LogP contribution in [0, 0.1) is 0 Å². The van der Waals surface area contributed by atoms with E-state index in [1.807, 2.05) is 0 Å². The summed E-state index contributed by atoms with van der Waals surface area (Å²) in [5.74, 6) is 0.697. The molecule has 0 unspecified atom stereocenters. The standard InChI is InChI=1S/C14H17N3O3/c1-20-12-7-5-11(6-8-12)17-13(18)15-9-3-2-4-10-16(15)14(17)19/h5-8H,2-4,9-10H2,1H3. The number of ether oxygens (including phenoxy) is 1. The normalized spacial score (nSPS) is 14.7. The van der Waals surface area contributed by atoms with E-state index in [2.05, 4.69) is 0 Å². The Bertz CT molecular complexity index is 684. The molecule has 20 heavy (non-hydrogen) atoms. The Kier molecular flexibility index (Phi) is 3.22. The second-order valence-electron chi connectivity index (χ2n) is 4.91. The van der Waals surface area contributed by atoms with E-state index in [1.165, 1.54) is 4.57 Å². The fourth-order valence-corrected chi connectivity index (χ4v) is 2.60. The Morgan fingerprint density at radius 3 is 1.95 bits per heavy atom. The Morgan fingerprint density at radius 2 is 1.45 bits per heavy atom. The van der Waals surface area contributed by atoms with Crippen LogP contribution >= 0.6 is 0 Å². The lowest BCUT2D eigenvalue weighted by Crippen LogP contribution is -2.27. The first-order valence-electron chi connectivity index (χ1n) is 6.79. The monoisotopic (exact) mass is 275 g/mol. The van der Waals surface area contributed by atoms with E-state index in [1.54, 1.807) is 40.7 Å². The van der Waals surface area contributed by atoms with Gasteiger partial charge in [-0.3, -0.25) is 0 Å². The molecule has 106 valence electrons. The third-order valence-electron chi connectivity index (χ3n) is 3.69. The molecule has 0 amide bonds. The van der Waals surface area contributed by atoms with Crippen molar-refractivity contribution in [2.24, 2.45) is 0 Å². The number of benzene rings is 1. The van der Waals surface area contributed by atoms with Crippen molar-refractivity contribution in [1.82, 2.24) is 13.9 Å². The average molecular weight is 275 g/mol. The van der Waals surface area contributed by atoms with Gasteiger partial charge >= 0.3 is 11.4 Å². The summed E-state index contributed by atoms with van der Waals surface area (Å²) in [6, 6.07) is 6.94. The van der Waals surface area contributed by atoms with Gasteiger partial charge in [0.2, 0.25) is 0 Å². The first kappa shape index (κ1) is 12.8. The van der Waals surface area contributed by atoms with Gasteiger partial charge in [-0.15, -0.1) is 0 Å². The summed E-state index contributed by atoms with van der Waals surface area (Å²) < 4.78 is 9.42. The maximum atomic E-state index is 12.4. The highest BCUT2D eigenvalue weighted by molar-refractivity contribution is 5.37. The average Bonchev–Trinajstić information content (AvgIpc) is 2.66. The number of methoxy groups -OCH3 is 1. The summed E-state index contributed by atoms with van der Waals surface area (Å²) in [4.78, 5) is 24.8. The van der Waals surface area contributed by atoms with Crippen LogP contribution in [0.5, 0.6) is 5.75 Å². The van der Waals surface area contributed by atoms with Gasteiger partial charge in [-0.1, -0.05) is 0 Å². The van der Waals surface area contributed by atoms with Crippen molar-refractivity contribution in [3.63, 3.8) is 0 Å². The molecule has 3 rings (SSSR count). The van der Waals surface area contributed by atoms with Crippen LogP contribution in [0.4, 0.5) is 0 Å². The number of fused-ring (bicyclic) bond motifs is 1. The number of rotatable bonds is 2. The van der Waals surface area contributed by atoms with Gasteiger partial charge in [0, 0.05) is 13.1 Å². The van der Waals surface area contributed by atoms with E-state index in [0.717, 1.165) is 19.3 Å². The van der Waals surface area contributed by atoms with Crippen molar-refractivity contribution in [2.45, 2.75) is 32.4 Å². The number of aromatic nitrogens is 3. The Balaban J connectivity index is 2.14. The zero-order valence-electron chi connectivity index (χ0n) is 11.4. The molecular weight excluding hydrogens is 258 g/mol. The number of hydrogen-bond acceptors (Lipinski definition) is 3. The van der Waals surface area contributed by atoms with Crippen LogP contribution in [-0.2, 0) is 13.1 Å². The first-order chi connectivity index (χ1) is 9.72. The highest BCUT2D eigenvalue weighted by atomic mass is 16.5. The first-order valence-corrected chi connectivity index (χ1v) is 6.79. The largest absolute Gasteiger partial charge is 0.497 e. The Morgan fingerprint density at radius 1 is 0.900 bits per heavy atom. The quantitative estimate of drug-likeness (QED) is 0.821. The summed E-state index contributed by atoms with van der Waals surface area (Å²) in [5, 5.41) is 0. The van der Waals surface area contributed by atoms with Gasteiger partial charge in [-0.2, -0.15) is 0 Å². The van der Waals surface area contributed by atoms with Crippen LogP contribution in [0.25, 0.3) is 5.69 Å². The van der Waals surface area contributed by atoms with Gasteiger partial charge in [0.15, 0.2) is 0 Å². The molecule has 2 heterocycles. The van der Waals surface area contributed by atoms with Crippen molar-refractivity contribution in [3.05, 3.63) is 45.2 Å². The van der Waals surface area contributed by atoms with Gasteiger partial charge in [0.1, 0.15) is 5.75 Å². The predicted molar refractivity (Wildman–Crippen MR) is 74.7 cm³/mol. The molecule has 1 aromatic carbocycles. The maximum absolute atomic E-state index is 12.4. The van der Waals surface area contributed by atoms with Crippen LogP contribution in [-0.4, -0.2) is 21.0 Å². The lowest BCUT2D eigenvalue weighted by atomic mass is 10.2. The summed E-state index contributed by atoms with van der Waals surface area (Å²) in [5.41, 5.74) is 0.0537. The van der Waals surface area contributed by atoms with Crippen LogP contribution < -0.4 is 16.1 Å². The second kappa shape index (κ2) is 5.03. The van der Waals surface area contributed by atoms with Crippen molar-refractivity contribution in [2.75, 3.05) is 7.11 Å². The van der Waals surface area contributed by atoms with Crippen LogP contribution in [0.2, 0.25) is 0 Å². The molecule has 0 spiro atoms. The lowest BCUT2D eigenvalue weighted by Gasteiger charge is -2.02. The molecule has 1 aromatic heterocycles. The van der Waals surface area contributed by atoms with E-state index in [9.17, 15) is 9.59 Å². The third-order valence-corrected chi connectivity index (χ3v) is 3.69. The van der Waals surface area contributed by atoms with Gasteiger partial charge in [-0.25, -0.2) is 23.5 Å². The third kappa shape index (κ3) is 1.97. The second-order valence-corrected chi connectivity index (χ2v) is 4.91. The molecule has 0 N–H and O–H groups in total. The molecule has 0 saturated carbocycles. The van der Waals surface area contributed by atoms with Crippen molar-refractivity contribution in [1.29, 1.82) is 0 Å². The maximum Gasteiger partial charge on any atom is 0.351 e. The number of hydrogen-bond donors (Lipinski definition) is 0. The highest BCUT2D eigenvalue weighted by Gasteiger charge is 2.18. The van der Waals surface area contributed by atoms with Crippen LogP contribution in [0.15, 0.2) is 33.9 Å². The Labute approximate surface area is 115 Å². The molecule has 1 aliphatic rings. The predicted octanol–water partition coefficient (Wildman–Crippen LogP) is 0.993. The smallest absolute Gasteiger partial charge is 0.351 e. The summed E-state index contributed by atoms with van der Waals surface area (Å²) in [7, 11) is 1.58. The fraction of sp³-hybridized carbons (Fsp3) is 0.429. The molecule has 0 bridgehead atoms. The van der Waals surface area contributed by atoms with Gasteiger partial charge in [0.25, 0.3) is 0 Å². The molecule has 2 aromatic rings. The summed E-state index contributed by atoms with van der Waals surface area (Å²) >= 11 is 0. The highest BCUT2D eigenvalue weighted by Crippen LogP contribution is 2.13. The molecule has 0 aliphatic carbocycles.